The minimum absolute atomic E-state index is 0.199. The van der Waals surface area contributed by atoms with Gasteiger partial charge in [-0.3, -0.25) is 4.79 Å². The quantitative estimate of drug-likeness (QED) is 0.0830. The lowest BCUT2D eigenvalue weighted by Gasteiger charge is -2.09. The Labute approximate surface area is 253 Å². The number of H-pyrrole nitrogens is 1. The highest BCUT2D eigenvalue weighted by Crippen LogP contribution is 2.41. The number of esters is 1. The SMILES string of the molecule is Cc1cccc(C(=O)Oc2ccc(Br)cc2C=NNC(=O)c2[nH]c3cc(Cl)cc(Cl)c3c2-c2ccccc2Cl)c1. The Balaban J connectivity index is 1.45. The Bertz CT molecular complexity index is 1820. The van der Waals surface area contributed by atoms with Crippen molar-refractivity contribution in [1.82, 2.24) is 10.4 Å². The van der Waals surface area contributed by atoms with Gasteiger partial charge in [0.2, 0.25) is 0 Å². The van der Waals surface area contributed by atoms with E-state index in [1.807, 2.05) is 19.1 Å². The van der Waals surface area contributed by atoms with Gasteiger partial charge in [-0.2, -0.15) is 5.10 Å². The molecule has 1 amide bonds. The average molecular weight is 656 g/mol. The zero-order chi connectivity index (χ0) is 28.4. The minimum atomic E-state index is -0.539. The molecule has 0 saturated heterocycles. The van der Waals surface area contributed by atoms with E-state index < -0.39 is 11.9 Å². The van der Waals surface area contributed by atoms with Crippen LogP contribution in [-0.2, 0) is 0 Å². The number of hydrazone groups is 1. The first kappa shape index (κ1) is 27.9. The highest BCUT2D eigenvalue weighted by Gasteiger charge is 2.23. The van der Waals surface area contributed by atoms with Crippen molar-refractivity contribution in [3.05, 3.63) is 121 Å². The number of carbonyl (C=O) groups excluding carboxylic acids is 2. The molecule has 2 N–H and O–H groups in total. The molecule has 40 heavy (non-hydrogen) atoms. The minimum Gasteiger partial charge on any atom is -0.422 e. The van der Waals surface area contributed by atoms with Crippen molar-refractivity contribution in [3.8, 4) is 16.9 Å². The standard InChI is InChI=1S/C30H19BrCl3N3O3/c1-16-5-4-6-17(11-16)30(39)40-25-10-9-19(31)12-18(25)15-35-37-29(38)28-26(21-7-2-3-8-22(21)33)27-23(34)13-20(32)14-24(27)36-28/h2-15,36H,1H3,(H,37,38). The number of carbonyl (C=O) groups is 2. The third-order valence-corrected chi connectivity index (χ3v) is 7.32. The third kappa shape index (κ3) is 5.93. The molecule has 0 saturated carbocycles. The zero-order valence-corrected chi connectivity index (χ0v) is 24.6. The maximum absolute atomic E-state index is 13.4. The number of ether oxygens (including phenoxy) is 1. The van der Waals surface area contributed by atoms with Crippen LogP contribution < -0.4 is 10.2 Å². The maximum Gasteiger partial charge on any atom is 0.343 e. The molecule has 6 nitrogen and oxygen atoms in total. The van der Waals surface area contributed by atoms with E-state index in [1.54, 1.807) is 66.7 Å². The highest BCUT2D eigenvalue weighted by molar-refractivity contribution is 9.10. The molecule has 0 atom stereocenters. The first-order chi connectivity index (χ1) is 19.2. The fraction of sp³-hybridized carbons (Fsp3) is 0.0333. The number of nitrogens with one attached hydrogen (secondary N) is 2. The second-order valence-electron chi connectivity index (χ2n) is 8.81. The highest BCUT2D eigenvalue weighted by atomic mass is 79.9. The second-order valence-corrected chi connectivity index (χ2v) is 11.0. The van der Waals surface area contributed by atoms with E-state index in [-0.39, 0.29) is 11.4 Å². The first-order valence-corrected chi connectivity index (χ1v) is 13.8. The molecule has 0 radical (unpaired) electrons. The van der Waals surface area contributed by atoms with Gasteiger partial charge in [0.1, 0.15) is 11.4 Å². The van der Waals surface area contributed by atoms with Crippen LogP contribution in [0.2, 0.25) is 15.1 Å². The lowest BCUT2D eigenvalue weighted by atomic mass is 10.0. The molecule has 0 fully saturated rings. The van der Waals surface area contributed by atoms with E-state index in [0.717, 1.165) is 10.0 Å². The predicted octanol–water partition coefficient (Wildman–Crippen LogP) is 8.85. The number of hydrogen-bond acceptors (Lipinski definition) is 4. The van der Waals surface area contributed by atoms with Gasteiger partial charge >= 0.3 is 5.97 Å². The largest absolute Gasteiger partial charge is 0.422 e. The van der Waals surface area contributed by atoms with Crippen LogP contribution in [0, 0.1) is 6.92 Å². The maximum atomic E-state index is 13.4. The van der Waals surface area contributed by atoms with Gasteiger partial charge in [0.25, 0.3) is 5.91 Å². The van der Waals surface area contributed by atoms with Crippen molar-refractivity contribution < 1.29 is 14.3 Å². The molecule has 0 bridgehead atoms. The molecule has 10 heteroatoms. The summed E-state index contributed by atoms with van der Waals surface area (Å²) >= 11 is 22.7. The summed E-state index contributed by atoms with van der Waals surface area (Å²) in [6.07, 6.45) is 1.39. The lowest BCUT2D eigenvalue weighted by molar-refractivity contribution is 0.0734. The van der Waals surface area contributed by atoms with Gasteiger partial charge in [-0.15, -0.1) is 0 Å². The summed E-state index contributed by atoms with van der Waals surface area (Å²) in [5.74, 6) is -0.776. The molecule has 1 heterocycles. The number of hydrogen-bond donors (Lipinski definition) is 2. The number of fused-ring (bicyclic) bond motifs is 1. The Morgan fingerprint density at radius 1 is 0.950 bits per heavy atom. The van der Waals surface area contributed by atoms with Crippen molar-refractivity contribution in [3.63, 3.8) is 0 Å². The van der Waals surface area contributed by atoms with Crippen LogP contribution in [0.5, 0.6) is 5.75 Å². The molecule has 200 valence electrons. The number of aromatic amines is 1. The van der Waals surface area contributed by atoms with Gasteiger partial charge in [0.15, 0.2) is 0 Å². The molecule has 0 aliphatic rings. The molecule has 0 aliphatic heterocycles. The Morgan fingerprint density at radius 2 is 1.75 bits per heavy atom. The monoisotopic (exact) mass is 653 g/mol. The van der Waals surface area contributed by atoms with E-state index in [2.05, 4.69) is 31.4 Å². The van der Waals surface area contributed by atoms with Crippen LogP contribution in [0.3, 0.4) is 0 Å². The summed E-state index contributed by atoms with van der Waals surface area (Å²) in [5.41, 5.74) is 6.26. The molecule has 5 aromatic rings. The Kier molecular flexibility index (Phi) is 8.28. The first-order valence-electron chi connectivity index (χ1n) is 11.9. The van der Waals surface area contributed by atoms with Crippen LogP contribution in [-0.4, -0.2) is 23.1 Å². The number of halogens is 4. The Morgan fingerprint density at radius 3 is 2.52 bits per heavy atom. The molecule has 0 unspecified atom stereocenters. The van der Waals surface area contributed by atoms with Gasteiger partial charge in [0.05, 0.1) is 16.8 Å². The summed E-state index contributed by atoms with van der Waals surface area (Å²) < 4.78 is 6.36. The molecule has 5 rings (SSSR count). The van der Waals surface area contributed by atoms with Crippen LogP contribution in [0.4, 0.5) is 0 Å². The number of benzene rings is 4. The Hall–Kier alpha value is -3.62. The van der Waals surface area contributed by atoms with Crippen molar-refractivity contribution >= 4 is 79.7 Å². The summed E-state index contributed by atoms with van der Waals surface area (Å²) in [5, 5.41) is 5.96. The number of aryl methyl sites for hydroxylation is 1. The van der Waals surface area contributed by atoms with E-state index in [4.69, 9.17) is 39.5 Å². The van der Waals surface area contributed by atoms with E-state index in [9.17, 15) is 9.59 Å². The number of nitrogens with zero attached hydrogens (tertiary/aromatic N) is 1. The summed E-state index contributed by atoms with van der Waals surface area (Å²) in [6, 6.07) is 22.6. The van der Waals surface area contributed by atoms with Crippen LogP contribution in [0.1, 0.15) is 32.0 Å². The number of aromatic nitrogens is 1. The van der Waals surface area contributed by atoms with E-state index >= 15 is 0 Å². The van der Waals surface area contributed by atoms with Crippen molar-refractivity contribution in [1.29, 1.82) is 0 Å². The second kappa shape index (κ2) is 11.9. The average Bonchev–Trinajstić information content (AvgIpc) is 3.30. The van der Waals surface area contributed by atoms with Gasteiger partial charge in [-0.05, 0) is 55.5 Å². The number of rotatable bonds is 6. The summed E-state index contributed by atoms with van der Waals surface area (Å²) in [6.45, 7) is 1.89. The van der Waals surface area contributed by atoms with Crippen LogP contribution in [0.25, 0.3) is 22.0 Å². The fourth-order valence-corrected chi connectivity index (χ4v) is 5.41. The van der Waals surface area contributed by atoms with E-state index in [0.29, 0.717) is 48.2 Å². The third-order valence-electron chi connectivity index (χ3n) is 5.98. The van der Waals surface area contributed by atoms with Crippen LogP contribution >= 0.6 is 50.7 Å². The molecular formula is C30H19BrCl3N3O3. The van der Waals surface area contributed by atoms with Gasteiger partial charge in [-0.25, -0.2) is 10.2 Å². The predicted molar refractivity (Wildman–Crippen MR) is 164 cm³/mol. The fourth-order valence-electron chi connectivity index (χ4n) is 4.21. The van der Waals surface area contributed by atoms with Crippen molar-refractivity contribution in [2.75, 3.05) is 0 Å². The summed E-state index contributed by atoms with van der Waals surface area (Å²) in [4.78, 5) is 29.2. The lowest BCUT2D eigenvalue weighted by Crippen LogP contribution is -2.19. The van der Waals surface area contributed by atoms with Gasteiger partial charge in [0, 0.05) is 42.1 Å². The van der Waals surface area contributed by atoms with Gasteiger partial charge < -0.3 is 9.72 Å². The normalized spacial score (nSPS) is 11.2. The topological polar surface area (TPSA) is 83.5 Å². The molecule has 0 spiro atoms. The zero-order valence-electron chi connectivity index (χ0n) is 20.8. The molecule has 1 aromatic heterocycles. The van der Waals surface area contributed by atoms with Crippen LogP contribution in [0.15, 0.2) is 88.4 Å². The van der Waals surface area contributed by atoms with Crippen molar-refractivity contribution in [2.24, 2.45) is 5.10 Å². The van der Waals surface area contributed by atoms with E-state index in [1.165, 1.54) is 6.21 Å². The molecular weight excluding hydrogens is 637 g/mol. The molecule has 0 aliphatic carbocycles. The van der Waals surface area contributed by atoms with Crippen molar-refractivity contribution in [2.45, 2.75) is 6.92 Å². The van der Waals surface area contributed by atoms with Gasteiger partial charge in [-0.1, -0.05) is 86.6 Å². The smallest absolute Gasteiger partial charge is 0.343 e. The summed E-state index contributed by atoms with van der Waals surface area (Å²) in [7, 11) is 0. The molecule has 4 aromatic carbocycles. The number of amides is 1.